The SMILES string of the molecule is CCCC1CN2CCO[Si](OC(C)=O)(OCC2)O1. The third kappa shape index (κ3) is 3.52. The van der Waals surface area contributed by atoms with Crippen LogP contribution in [0.4, 0.5) is 0 Å². The lowest BCUT2D eigenvalue weighted by Crippen LogP contribution is -2.60. The van der Waals surface area contributed by atoms with Gasteiger partial charge in [0.1, 0.15) is 0 Å². The molecule has 0 aromatic heterocycles. The van der Waals surface area contributed by atoms with E-state index in [1.165, 1.54) is 6.92 Å². The van der Waals surface area contributed by atoms with E-state index in [0.29, 0.717) is 13.2 Å². The maximum atomic E-state index is 11.2. The number of carbonyl (C=O) groups excluding carboxylic acids is 1. The Labute approximate surface area is 109 Å². The Balaban J connectivity index is 2.14. The largest absolute Gasteiger partial charge is 0.752 e. The smallest absolute Gasteiger partial charge is 0.452 e. The van der Waals surface area contributed by atoms with Gasteiger partial charge < -0.3 is 17.7 Å². The second-order valence-electron chi connectivity index (χ2n) is 4.62. The summed E-state index contributed by atoms with van der Waals surface area (Å²) in [5.41, 5.74) is 0. The molecule has 1 atom stereocenters. The molecule has 3 fully saturated rings. The number of hydrogen-bond donors (Lipinski definition) is 0. The Morgan fingerprint density at radius 3 is 2.61 bits per heavy atom. The van der Waals surface area contributed by atoms with Gasteiger partial charge in [0, 0.05) is 26.6 Å². The number of fused-ring (bicyclic) bond motifs is 6. The minimum atomic E-state index is -3.27. The van der Waals surface area contributed by atoms with Crippen LogP contribution < -0.4 is 0 Å². The van der Waals surface area contributed by atoms with Crippen LogP contribution >= 0.6 is 0 Å². The minimum absolute atomic E-state index is 0.0154. The van der Waals surface area contributed by atoms with Crippen molar-refractivity contribution in [2.24, 2.45) is 0 Å². The van der Waals surface area contributed by atoms with Gasteiger partial charge in [0.05, 0.1) is 19.3 Å². The number of rotatable bonds is 3. The van der Waals surface area contributed by atoms with E-state index in [0.717, 1.165) is 32.5 Å². The first-order valence-corrected chi connectivity index (χ1v) is 8.14. The molecule has 6 nitrogen and oxygen atoms in total. The molecule has 0 aromatic carbocycles. The zero-order valence-corrected chi connectivity index (χ0v) is 12.0. The minimum Gasteiger partial charge on any atom is -0.452 e. The van der Waals surface area contributed by atoms with Crippen LogP contribution in [0.3, 0.4) is 0 Å². The van der Waals surface area contributed by atoms with Gasteiger partial charge in [0.25, 0.3) is 5.97 Å². The Hall–Kier alpha value is -0.473. The van der Waals surface area contributed by atoms with E-state index in [2.05, 4.69) is 11.8 Å². The van der Waals surface area contributed by atoms with Crippen molar-refractivity contribution < 1.29 is 22.5 Å². The second kappa shape index (κ2) is 6.11. The van der Waals surface area contributed by atoms with Crippen molar-refractivity contribution in [2.45, 2.75) is 32.8 Å². The zero-order valence-electron chi connectivity index (χ0n) is 11.0. The van der Waals surface area contributed by atoms with Gasteiger partial charge in [0.2, 0.25) is 0 Å². The molecule has 104 valence electrons. The fourth-order valence-electron chi connectivity index (χ4n) is 2.26. The molecule has 3 aliphatic rings. The van der Waals surface area contributed by atoms with Crippen molar-refractivity contribution in [1.82, 2.24) is 4.90 Å². The fourth-order valence-corrected chi connectivity index (χ4v) is 4.28. The highest BCUT2D eigenvalue weighted by Crippen LogP contribution is 2.22. The highest BCUT2D eigenvalue weighted by Gasteiger charge is 2.53. The topological polar surface area (TPSA) is 57.2 Å². The first-order valence-electron chi connectivity index (χ1n) is 6.51. The van der Waals surface area contributed by atoms with Gasteiger partial charge in [-0.25, -0.2) is 0 Å². The average Bonchev–Trinajstić information content (AvgIpc) is 2.21. The highest BCUT2D eigenvalue weighted by atomic mass is 28.4. The van der Waals surface area contributed by atoms with E-state index in [-0.39, 0.29) is 6.10 Å². The van der Waals surface area contributed by atoms with Crippen molar-refractivity contribution in [2.75, 3.05) is 32.8 Å². The Morgan fingerprint density at radius 2 is 2.06 bits per heavy atom. The maximum absolute atomic E-state index is 11.2. The summed E-state index contributed by atoms with van der Waals surface area (Å²) < 4.78 is 22.5. The van der Waals surface area contributed by atoms with Crippen molar-refractivity contribution in [3.8, 4) is 0 Å². The summed E-state index contributed by atoms with van der Waals surface area (Å²) in [6, 6.07) is 0. The molecule has 0 amide bonds. The van der Waals surface area contributed by atoms with Gasteiger partial charge in [-0.15, -0.1) is 0 Å². The zero-order chi connectivity index (χ0) is 13.0. The van der Waals surface area contributed by atoms with E-state index in [1.54, 1.807) is 0 Å². The summed E-state index contributed by atoms with van der Waals surface area (Å²) in [4.78, 5) is 13.5. The van der Waals surface area contributed by atoms with Crippen LogP contribution in [0.1, 0.15) is 26.7 Å². The third-order valence-corrected chi connectivity index (χ3v) is 5.30. The Bertz CT molecular complexity index is 291. The van der Waals surface area contributed by atoms with E-state index in [4.69, 9.17) is 17.7 Å². The molecule has 0 aromatic rings. The van der Waals surface area contributed by atoms with E-state index in [1.807, 2.05) is 0 Å². The van der Waals surface area contributed by atoms with Gasteiger partial charge in [0.15, 0.2) is 0 Å². The van der Waals surface area contributed by atoms with Crippen LogP contribution in [0, 0.1) is 0 Å². The standard InChI is InChI=1S/C11H21NO5Si/c1-3-4-11-9-12-5-7-14-18(17-11,15-8-6-12)16-10(2)13/h11H,3-9H2,1-2H3. The van der Waals surface area contributed by atoms with Gasteiger partial charge in [-0.05, 0) is 6.42 Å². The summed E-state index contributed by atoms with van der Waals surface area (Å²) >= 11 is 0. The fraction of sp³-hybridized carbons (Fsp3) is 0.909. The molecule has 18 heavy (non-hydrogen) atoms. The monoisotopic (exact) mass is 275 g/mol. The van der Waals surface area contributed by atoms with E-state index >= 15 is 0 Å². The second-order valence-corrected chi connectivity index (χ2v) is 6.64. The molecular formula is C11H21NO5Si. The lowest BCUT2D eigenvalue weighted by molar-refractivity contribution is -0.149. The molecule has 0 N–H and O–H groups in total. The molecular weight excluding hydrogens is 254 g/mol. The van der Waals surface area contributed by atoms with Crippen LogP contribution in [-0.2, 0) is 22.5 Å². The molecule has 3 aliphatic heterocycles. The van der Waals surface area contributed by atoms with Gasteiger partial charge in [-0.2, -0.15) is 0 Å². The van der Waals surface area contributed by atoms with Crippen molar-refractivity contribution in [3.63, 3.8) is 0 Å². The molecule has 3 rings (SSSR count). The van der Waals surface area contributed by atoms with Crippen LogP contribution in [0.15, 0.2) is 0 Å². The van der Waals surface area contributed by atoms with E-state index < -0.39 is 15.0 Å². The molecule has 3 saturated heterocycles. The first-order chi connectivity index (χ1) is 8.63. The number of carbonyl (C=O) groups is 1. The van der Waals surface area contributed by atoms with Gasteiger partial charge in [-0.3, -0.25) is 9.69 Å². The summed E-state index contributed by atoms with van der Waals surface area (Å²) in [5.74, 6) is -0.407. The first kappa shape index (κ1) is 13.9. The highest BCUT2D eigenvalue weighted by molar-refractivity contribution is 6.55. The van der Waals surface area contributed by atoms with Crippen molar-refractivity contribution >= 4 is 15.0 Å². The molecule has 2 bridgehead atoms. The van der Waals surface area contributed by atoms with Crippen LogP contribution in [0.5, 0.6) is 0 Å². The molecule has 1 unspecified atom stereocenters. The Kier molecular flexibility index (Phi) is 4.74. The number of hydrogen-bond acceptors (Lipinski definition) is 6. The lowest BCUT2D eigenvalue weighted by Gasteiger charge is -2.39. The summed E-state index contributed by atoms with van der Waals surface area (Å²) in [6.45, 7) is 6.96. The van der Waals surface area contributed by atoms with Crippen LogP contribution in [0.2, 0.25) is 0 Å². The quantitative estimate of drug-likeness (QED) is 0.700. The lowest BCUT2D eigenvalue weighted by atomic mass is 10.2. The summed E-state index contributed by atoms with van der Waals surface area (Å²) in [6.07, 6.45) is 1.95. The van der Waals surface area contributed by atoms with Gasteiger partial charge >= 0.3 is 9.05 Å². The van der Waals surface area contributed by atoms with Crippen LogP contribution in [0.25, 0.3) is 0 Å². The van der Waals surface area contributed by atoms with Gasteiger partial charge in [-0.1, -0.05) is 13.3 Å². The number of nitrogens with zero attached hydrogens (tertiary/aromatic N) is 1. The predicted molar refractivity (Wildman–Crippen MR) is 65.6 cm³/mol. The van der Waals surface area contributed by atoms with E-state index in [9.17, 15) is 4.79 Å². The predicted octanol–water partition coefficient (Wildman–Crippen LogP) is 0.533. The maximum Gasteiger partial charge on any atom is 0.752 e. The average molecular weight is 275 g/mol. The molecule has 3 heterocycles. The molecule has 0 spiro atoms. The van der Waals surface area contributed by atoms with Crippen LogP contribution in [-0.4, -0.2) is 58.9 Å². The van der Waals surface area contributed by atoms with Crippen molar-refractivity contribution in [3.05, 3.63) is 0 Å². The normalized spacial score (nSPS) is 36.6. The molecule has 0 radical (unpaired) electrons. The molecule has 0 aliphatic carbocycles. The molecule has 0 saturated carbocycles. The van der Waals surface area contributed by atoms with Crippen molar-refractivity contribution in [1.29, 1.82) is 0 Å². The Morgan fingerprint density at radius 1 is 1.39 bits per heavy atom. The summed E-state index contributed by atoms with van der Waals surface area (Å²) in [5, 5.41) is 0. The third-order valence-electron chi connectivity index (χ3n) is 3.02. The molecule has 7 heteroatoms. The summed E-state index contributed by atoms with van der Waals surface area (Å²) in [7, 11) is -3.27.